The van der Waals surface area contributed by atoms with E-state index in [4.69, 9.17) is 0 Å². The summed E-state index contributed by atoms with van der Waals surface area (Å²) >= 11 is 0. The van der Waals surface area contributed by atoms with Crippen LogP contribution in [0.3, 0.4) is 0 Å². The number of carbonyl (C=O) groups is 1. The third-order valence-corrected chi connectivity index (χ3v) is 5.33. The minimum atomic E-state index is -0.683. The van der Waals surface area contributed by atoms with Crippen molar-refractivity contribution in [2.45, 2.75) is 20.0 Å². The third-order valence-electron chi connectivity index (χ3n) is 5.33. The second kappa shape index (κ2) is 6.48. The smallest absolute Gasteiger partial charge is 0.256 e. The quantitative estimate of drug-likeness (QED) is 0.565. The van der Waals surface area contributed by atoms with Crippen molar-refractivity contribution in [3.8, 4) is 11.1 Å². The van der Waals surface area contributed by atoms with Gasteiger partial charge in [-0.1, -0.05) is 12.1 Å². The Balaban J connectivity index is 1.46. The van der Waals surface area contributed by atoms with Crippen LogP contribution >= 0.6 is 0 Å². The van der Waals surface area contributed by atoms with Gasteiger partial charge in [0.05, 0.1) is 35.6 Å². The third kappa shape index (κ3) is 2.86. The number of amides is 1. The molecule has 0 spiro atoms. The van der Waals surface area contributed by atoms with E-state index in [1.165, 1.54) is 17.0 Å². The van der Waals surface area contributed by atoms with E-state index in [9.17, 15) is 13.6 Å². The van der Waals surface area contributed by atoms with Crippen LogP contribution in [0.25, 0.3) is 22.0 Å². The molecule has 1 aliphatic rings. The molecular formula is C22H16F2N4O. The van der Waals surface area contributed by atoms with E-state index < -0.39 is 11.6 Å². The van der Waals surface area contributed by atoms with E-state index in [0.29, 0.717) is 22.4 Å². The molecule has 1 N–H and O–H groups in total. The zero-order valence-electron chi connectivity index (χ0n) is 15.5. The number of benzene rings is 2. The predicted molar refractivity (Wildman–Crippen MR) is 104 cm³/mol. The molecule has 0 bridgehead atoms. The summed E-state index contributed by atoms with van der Waals surface area (Å²) in [5.74, 6) is -1.63. The van der Waals surface area contributed by atoms with E-state index in [0.717, 1.165) is 16.6 Å². The van der Waals surface area contributed by atoms with Crippen LogP contribution in [0.5, 0.6) is 0 Å². The summed E-state index contributed by atoms with van der Waals surface area (Å²) in [6.07, 6.45) is 1.60. The number of halogens is 2. The molecule has 0 atom stereocenters. The lowest BCUT2D eigenvalue weighted by molar-refractivity contribution is 0.0763. The molecule has 1 amide bonds. The normalized spacial score (nSPS) is 13.3. The van der Waals surface area contributed by atoms with Crippen LogP contribution in [0, 0.1) is 18.6 Å². The lowest BCUT2D eigenvalue weighted by Gasteiger charge is -2.17. The molecule has 4 aromatic rings. The first-order valence-corrected chi connectivity index (χ1v) is 9.17. The molecule has 5 rings (SSSR count). The van der Waals surface area contributed by atoms with E-state index in [-0.39, 0.29) is 24.6 Å². The van der Waals surface area contributed by atoms with Crippen LogP contribution in [0.15, 0.2) is 48.7 Å². The molecule has 29 heavy (non-hydrogen) atoms. The fourth-order valence-corrected chi connectivity index (χ4v) is 3.76. The monoisotopic (exact) mass is 390 g/mol. The Hall–Kier alpha value is -3.61. The number of fused-ring (bicyclic) bond motifs is 2. The zero-order chi connectivity index (χ0) is 20.1. The molecule has 0 fully saturated rings. The molecule has 0 aliphatic carbocycles. The summed E-state index contributed by atoms with van der Waals surface area (Å²) in [6.45, 7) is 1.98. The van der Waals surface area contributed by atoms with Crippen molar-refractivity contribution in [1.29, 1.82) is 0 Å². The summed E-state index contributed by atoms with van der Waals surface area (Å²) in [5.41, 5.74) is 3.75. The first-order chi connectivity index (χ1) is 14.0. The molecular weight excluding hydrogens is 374 g/mol. The van der Waals surface area contributed by atoms with Crippen molar-refractivity contribution in [1.82, 2.24) is 20.1 Å². The van der Waals surface area contributed by atoms with Crippen molar-refractivity contribution < 1.29 is 13.6 Å². The summed E-state index contributed by atoms with van der Waals surface area (Å²) in [4.78, 5) is 18.0. The highest BCUT2D eigenvalue weighted by atomic mass is 19.1. The number of rotatable bonds is 3. The van der Waals surface area contributed by atoms with Crippen molar-refractivity contribution in [3.63, 3.8) is 0 Å². The summed E-state index contributed by atoms with van der Waals surface area (Å²) in [6, 6.07) is 11.5. The van der Waals surface area contributed by atoms with Crippen molar-refractivity contribution in [2.75, 3.05) is 0 Å². The molecule has 0 saturated carbocycles. The average molecular weight is 390 g/mol. The summed E-state index contributed by atoms with van der Waals surface area (Å²) < 4.78 is 29.6. The summed E-state index contributed by atoms with van der Waals surface area (Å²) in [5, 5.41) is 8.02. The number of carbonyl (C=O) groups excluding carboxylic acids is 1. The summed E-state index contributed by atoms with van der Waals surface area (Å²) in [7, 11) is 0. The van der Waals surface area contributed by atoms with Gasteiger partial charge >= 0.3 is 0 Å². The molecule has 3 heterocycles. The number of H-pyrrole nitrogens is 1. The molecule has 0 saturated heterocycles. The Morgan fingerprint density at radius 2 is 1.90 bits per heavy atom. The molecule has 5 nitrogen and oxygen atoms in total. The van der Waals surface area contributed by atoms with Crippen LogP contribution < -0.4 is 0 Å². The average Bonchev–Trinajstić information content (AvgIpc) is 3.24. The maximum absolute atomic E-state index is 14.8. The topological polar surface area (TPSA) is 61.9 Å². The van der Waals surface area contributed by atoms with E-state index in [1.54, 1.807) is 18.3 Å². The molecule has 2 aromatic carbocycles. The molecule has 0 unspecified atom stereocenters. The Kier molecular flexibility index (Phi) is 3.91. The minimum Gasteiger partial charge on any atom is -0.328 e. The highest BCUT2D eigenvalue weighted by Gasteiger charge is 2.29. The van der Waals surface area contributed by atoms with Gasteiger partial charge in [0, 0.05) is 17.1 Å². The van der Waals surface area contributed by atoms with Crippen LogP contribution in [-0.2, 0) is 13.1 Å². The number of aryl methyl sites for hydroxylation is 1. The predicted octanol–water partition coefficient (Wildman–Crippen LogP) is 4.37. The Bertz CT molecular complexity index is 1260. The molecule has 1 aliphatic heterocycles. The Labute approximate surface area is 165 Å². The largest absolute Gasteiger partial charge is 0.328 e. The first-order valence-electron chi connectivity index (χ1n) is 9.17. The van der Waals surface area contributed by atoms with Gasteiger partial charge in [0.1, 0.15) is 11.6 Å². The Morgan fingerprint density at radius 1 is 1.10 bits per heavy atom. The van der Waals surface area contributed by atoms with E-state index in [2.05, 4.69) is 15.2 Å². The van der Waals surface area contributed by atoms with Crippen LogP contribution in [0.1, 0.15) is 27.3 Å². The zero-order valence-corrected chi connectivity index (χ0v) is 15.5. The van der Waals surface area contributed by atoms with Crippen LogP contribution in [0.2, 0.25) is 0 Å². The molecule has 0 radical (unpaired) electrons. The number of aromatic amines is 1. The lowest BCUT2D eigenvalue weighted by atomic mass is 10.0. The number of pyridine rings is 1. The Morgan fingerprint density at radius 3 is 2.66 bits per heavy atom. The first kappa shape index (κ1) is 17.5. The fraction of sp³-hybridized carbons (Fsp3) is 0.136. The van der Waals surface area contributed by atoms with Gasteiger partial charge in [-0.3, -0.25) is 14.9 Å². The van der Waals surface area contributed by atoms with Gasteiger partial charge in [-0.25, -0.2) is 8.78 Å². The van der Waals surface area contributed by atoms with Crippen LogP contribution in [-0.4, -0.2) is 26.0 Å². The number of aromatic nitrogens is 3. The van der Waals surface area contributed by atoms with Crippen LogP contribution in [0.4, 0.5) is 8.78 Å². The number of nitrogens with one attached hydrogen (secondary N) is 1. The SMILES string of the molecule is Cc1n[nH]c2cc(-c3cc(F)c(CN4Cc5ncccc5C4=O)c(F)c3)ccc12. The van der Waals surface area contributed by atoms with Gasteiger partial charge in [0.15, 0.2) is 0 Å². The van der Waals surface area contributed by atoms with Crippen molar-refractivity contribution >= 4 is 16.8 Å². The second-order valence-corrected chi connectivity index (χ2v) is 7.15. The maximum Gasteiger partial charge on any atom is 0.256 e. The highest BCUT2D eigenvalue weighted by molar-refractivity contribution is 5.97. The molecule has 2 aromatic heterocycles. The lowest BCUT2D eigenvalue weighted by Crippen LogP contribution is -2.24. The standard InChI is InChI=1S/C22H16F2N4O/c1-12-15-5-4-13(9-20(15)27-26-12)14-7-18(23)17(19(24)8-14)10-28-11-21-16(22(28)29)3-2-6-25-21/h2-9H,10-11H2,1H3,(H,26,27). The van der Waals surface area contributed by atoms with Gasteiger partial charge in [-0.2, -0.15) is 5.10 Å². The molecule has 144 valence electrons. The fourth-order valence-electron chi connectivity index (χ4n) is 3.76. The van der Waals surface area contributed by atoms with E-state index >= 15 is 0 Å². The maximum atomic E-state index is 14.8. The van der Waals surface area contributed by atoms with Crippen molar-refractivity contribution in [3.05, 3.63) is 82.8 Å². The van der Waals surface area contributed by atoms with Gasteiger partial charge in [0.25, 0.3) is 5.91 Å². The van der Waals surface area contributed by atoms with Gasteiger partial charge in [-0.05, 0) is 48.4 Å². The second-order valence-electron chi connectivity index (χ2n) is 7.15. The van der Waals surface area contributed by atoms with Gasteiger partial charge in [0.2, 0.25) is 0 Å². The van der Waals surface area contributed by atoms with E-state index in [1.807, 2.05) is 25.1 Å². The number of nitrogens with zero attached hydrogens (tertiary/aromatic N) is 3. The highest BCUT2D eigenvalue weighted by Crippen LogP contribution is 2.30. The number of hydrogen-bond acceptors (Lipinski definition) is 3. The van der Waals surface area contributed by atoms with Gasteiger partial charge in [-0.15, -0.1) is 0 Å². The van der Waals surface area contributed by atoms with Gasteiger partial charge < -0.3 is 4.90 Å². The van der Waals surface area contributed by atoms with Crippen molar-refractivity contribution in [2.24, 2.45) is 0 Å². The number of hydrogen-bond donors (Lipinski definition) is 1. The molecule has 7 heteroatoms. The minimum absolute atomic E-state index is 0.131.